The fourth-order valence-corrected chi connectivity index (χ4v) is 3.77. The lowest BCUT2D eigenvalue weighted by Crippen LogP contribution is -2.23. The van der Waals surface area contributed by atoms with Crippen molar-refractivity contribution in [2.75, 3.05) is 19.0 Å². The van der Waals surface area contributed by atoms with Crippen LogP contribution >= 0.6 is 11.3 Å². The highest BCUT2D eigenvalue weighted by Crippen LogP contribution is 2.19. The van der Waals surface area contributed by atoms with Crippen molar-refractivity contribution < 1.29 is 0 Å². The first-order valence-electron chi connectivity index (χ1n) is 8.27. The van der Waals surface area contributed by atoms with Gasteiger partial charge in [0.25, 0.3) is 5.56 Å². The van der Waals surface area contributed by atoms with Gasteiger partial charge in [0.05, 0.1) is 4.53 Å². The van der Waals surface area contributed by atoms with Gasteiger partial charge in [0.2, 0.25) is 4.96 Å². The fraction of sp³-hybridized carbons (Fsp3) is 0.150. The number of hydrogen-bond acceptors (Lipinski definition) is 5. The van der Waals surface area contributed by atoms with E-state index in [2.05, 4.69) is 10.2 Å². The maximum Gasteiger partial charge on any atom is 0.276 e. The molecule has 5 nitrogen and oxygen atoms in total. The number of aromatic nitrogens is 3. The van der Waals surface area contributed by atoms with Gasteiger partial charge in [-0.1, -0.05) is 47.2 Å². The molecule has 4 aromatic rings. The summed E-state index contributed by atoms with van der Waals surface area (Å²) in [7, 11) is 4.01. The number of rotatable bonds is 3. The fourth-order valence-electron chi connectivity index (χ4n) is 2.85. The minimum atomic E-state index is -0.0804. The zero-order valence-electron chi connectivity index (χ0n) is 14.8. The normalized spacial score (nSPS) is 12.0. The Bertz CT molecular complexity index is 1190. The van der Waals surface area contributed by atoms with Crippen LogP contribution in [-0.2, 0) is 0 Å². The molecule has 2 aromatic carbocycles. The van der Waals surface area contributed by atoms with Gasteiger partial charge in [-0.15, -0.1) is 10.2 Å². The van der Waals surface area contributed by atoms with E-state index >= 15 is 0 Å². The molecule has 130 valence electrons. The number of anilines is 1. The lowest BCUT2D eigenvalue weighted by molar-refractivity contribution is 1.09. The molecule has 4 rings (SSSR count). The molecule has 0 aliphatic carbocycles. The Morgan fingerprint density at radius 1 is 1.08 bits per heavy atom. The average molecular weight is 362 g/mol. The highest BCUT2D eigenvalue weighted by atomic mass is 32.1. The molecule has 6 heteroatoms. The molecule has 0 N–H and O–H groups in total. The van der Waals surface area contributed by atoms with Gasteiger partial charge in [0.15, 0.2) is 5.82 Å². The van der Waals surface area contributed by atoms with E-state index in [0.29, 0.717) is 15.3 Å². The second kappa shape index (κ2) is 6.38. The average Bonchev–Trinajstić information content (AvgIpc) is 3.16. The summed E-state index contributed by atoms with van der Waals surface area (Å²) in [5.41, 5.74) is 4.05. The molecule has 0 bridgehead atoms. The number of hydrogen-bond donors (Lipinski definition) is 0. The third-order valence-corrected chi connectivity index (χ3v) is 5.19. The van der Waals surface area contributed by atoms with E-state index in [1.165, 1.54) is 11.3 Å². The molecule has 0 atom stereocenters. The number of fused-ring (bicyclic) bond motifs is 1. The van der Waals surface area contributed by atoms with Crippen molar-refractivity contribution >= 4 is 28.1 Å². The summed E-state index contributed by atoms with van der Waals surface area (Å²) in [5.74, 6) is 0.590. The van der Waals surface area contributed by atoms with Crippen molar-refractivity contribution in [3.8, 4) is 11.4 Å². The Hall–Kier alpha value is -2.99. The summed E-state index contributed by atoms with van der Waals surface area (Å²) in [6.45, 7) is 2.02. The summed E-state index contributed by atoms with van der Waals surface area (Å²) in [4.78, 5) is 15.6. The third-order valence-electron chi connectivity index (χ3n) is 4.23. The number of thiazole rings is 1. The molecule has 2 heterocycles. The van der Waals surface area contributed by atoms with Crippen LogP contribution in [0.1, 0.15) is 11.1 Å². The highest BCUT2D eigenvalue weighted by Gasteiger charge is 2.14. The van der Waals surface area contributed by atoms with E-state index in [4.69, 9.17) is 0 Å². The quantitative estimate of drug-likeness (QED) is 0.562. The zero-order valence-corrected chi connectivity index (χ0v) is 15.6. The van der Waals surface area contributed by atoms with Crippen molar-refractivity contribution in [3.05, 3.63) is 74.5 Å². The summed E-state index contributed by atoms with van der Waals surface area (Å²) >= 11 is 1.36. The Morgan fingerprint density at radius 2 is 1.85 bits per heavy atom. The summed E-state index contributed by atoms with van der Waals surface area (Å²) in [6, 6.07) is 16.0. The van der Waals surface area contributed by atoms with Crippen LogP contribution in [0.25, 0.3) is 22.4 Å². The molecule has 0 spiro atoms. The van der Waals surface area contributed by atoms with E-state index in [1.54, 1.807) is 4.40 Å². The largest absolute Gasteiger partial charge is 0.378 e. The smallest absolute Gasteiger partial charge is 0.276 e. The standard InChI is InChI=1S/C20H18N4OS/c1-13-5-4-6-15(11-13)18-21-22-20-24(18)19(25)17(26-20)12-14-7-9-16(10-8-14)23(2)3/h4-12H,1-3H3/b17-12+. The van der Waals surface area contributed by atoms with Crippen molar-refractivity contribution in [2.45, 2.75) is 6.92 Å². The monoisotopic (exact) mass is 362 g/mol. The van der Waals surface area contributed by atoms with Gasteiger partial charge >= 0.3 is 0 Å². The molecular formula is C20H18N4OS. The number of nitrogens with zero attached hydrogens (tertiary/aromatic N) is 4. The molecule has 0 saturated heterocycles. The Morgan fingerprint density at radius 3 is 2.54 bits per heavy atom. The van der Waals surface area contributed by atoms with Gasteiger partial charge in [-0.25, -0.2) is 4.40 Å². The minimum Gasteiger partial charge on any atom is -0.378 e. The first-order chi connectivity index (χ1) is 12.5. The van der Waals surface area contributed by atoms with E-state index in [1.807, 2.05) is 80.5 Å². The van der Waals surface area contributed by atoms with E-state index in [-0.39, 0.29) is 5.56 Å². The van der Waals surface area contributed by atoms with Gasteiger partial charge in [0.1, 0.15) is 0 Å². The summed E-state index contributed by atoms with van der Waals surface area (Å²) in [5, 5.41) is 8.40. The molecule has 0 amide bonds. The van der Waals surface area contributed by atoms with Crippen molar-refractivity contribution in [3.63, 3.8) is 0 Å². The lowest BCUT2D eigenvalue weighted by atomic mass is 10.1. The molecule has 0 aliphatic heterocycles. The topological polar surface area (TPSA) is 50.5 Å². The number of aryl methyl sites for hydroxylation is 1. The predicted octanol–water partition coefficient (Wildman–Crippen LogP) is 2.74. The van der Waals surface area contributed by atoms with Crippen LogP contribution in [0.5, 0.6) is 0 Å². The molecule has 26 heavy (non-hydrogen) atoms. The summed E-state index contributed by atoms with van der Waals surface area (Å²) in [6.07, 6.45) is 1.90. The zero-order chi connectivity index (χ0) is 18.3. The van der Waals surface area contributed by atoms with Crippen molar-refractivity contribution in [1.29, 1.82) is 0 Å². The molecule has 2 aromatic heterocycles. The maximum absolute atomic E-state index is 12.9. The molecule has 0 fully saturated rings. The van der Waals surface area contributed by atoms with Gasteiger partial charge in [-0.05, 0) is 36.8 Å². The Balaban J connectivity index is 1.83. The molecule has 0 unspecified atom stereocenters. The van der Waals surface area contributed by atoms with Crippen LogP contribution in [-0.4, -0.2) is 28.7 Å². The van der Waals surface area contributed by atoms with Crippen LogP contribution < -0.4 is 15.0 Å². The molecule has 0 saturated carbocycles. The van der Waals surface area contributed by atoms with Crippen molar-refractivity contribution in [2.24, 2.45) is 0 Å². The van der Waals surface area contributed by atoms with E-state index in [9.17, 15) is 4.79 Å². The molecule has 0 radical (unpaired) electrons. The predicted molar refractivity (Wildman–Crippen MR) is 107 cm³/mol. The molecular weight excluding hydrogens is 344 g/mol. The van der Waals surface area contributed by atoms with Crippen molar-refractivity contribution in [1.82, 2.24) is 14.6 Å². The Kier molecular flexibility index (Phi) is 4.05. The van der Waals surface area contributed by atoms with Gasteiger partial charge < -0.3 is 4.90 Å². The first-order valence-corrected chi connectivity index (χ1v) is 9.09. The molecule has 0 aliphatic rings. The van der Waals surface area contributed by atoms with Gasteiger partial charge in [-0.2, -0.15) is 0 Å². The van der Waals surface area contributed by atoms with Gasteiger partial charge in [-0.3, -0.25) is 4.79 Å². The lowest BCUT2D eigenvalue weighted by Gasteiger charge is -2.11. The third kappa shape index (κ3) is 2.88. The maximum atomic E-state index is 12.9. The van der Waals surface area contributed by atoms with Crippen LogP contribution in [0.3, 0.4) is 0 Å². The van der Waals surface area contributed by atoms with Crippen LogP contribution in [0.4, 0.5) is 5.69 Å². The minimum absolute atomic E-state index is 0.0804. The second-order valence-corrected chi connectivity index (χ2v) is 7.42. The number of benzene rings is 2. The van der Waals surface area contributed by atoms with Crippen LogP contribution in [0.15, 0.2) is 53.3 Å². The van der Waals surface area contributed by atoms with Crippen LogP contribution in [0.2, 0.25) is 0 Å². The first kappa shape index (κ1) is 16.5. The summed E-state index contributed by atoms with van der Waals surface area (Å²) < 4.78 is 2.25. The van der Waals surface area contributed by atoms with E-state index < -0.39 is 0 Å². The van der Waals surface area contributed by atoms with E-state index in [0.717, 1.165) is 22.4 Å². The van der Waals surface area contributed by atoms with Gasteiger partial charge in [0, 0.05) is 25.3 Å². The Labute approximate surface area is 154 Å². The van der Waals surface area contributed by atoms with Crippen LogP contribution in [0, 0.1) is 6.92 Å². The highest BCUT2D eigenvalue weighted by molar-refractivity contribution is 7.15. The SMILES string of the molecule is Cc1cccc(-c2nnc3s/c(=C/c4ccc(N(C)C)cc4)c(=O)n23)c1. The second-order valence-electron chi connectivity index (χ2n) is 6.41.